The Morgan fingerprint density at radius 1 is 1.26 bits per heavy atom. The molecule has 2 heterocycles. The molecule has 27 heavy (non-hydrogen) atoms. The Labute approximate surface area is 165 Å². The van der Waals surface area contributed by atoms with Crippen molar-refractivity contribution < 1.29 is 14.3 Å². The highest BCUT2D eigenvalue weighted by Crippen LogP contribution is 2.35. The summed E-state index contributed by atoms with van der Waals surface area (Å²) in [6.07, 6.45) is 1.93. The van der Waals surface area contributed by atoms with Crippen LogP contribution in [0.25, 0.3) is 0 Å². The summed E-state index contributed by atoms with van der Waals surface area (Å²) < 4.78 is 10.9. The third-order valence-electron chi connectivity index (χ3n) is 5.01. The molecule has 146 valence electrons. The smallest absolute Gasteiger partial charge is 0.237 e. The van der Waals surface area contributed by atoms with Gasteiger partial charge in [0.2, 0.25) is 5.91 Å². The number of fused-ring (bicyclic) bond motifs is 1. The number of ether oxygens (including phenoxy) is 2. The van der Waals surface area contributed by atoms with Crippen molar-refractivity contribution in [3.05, 3.63) is 46.2 Å². The highest BCUT2D eigenvalue weighted by Gasteiger charge is 2.30. The topological polar surface area (TPSA) is 42.0 Å². The van der Waals surface area contributed by atoms with Crippen LogP contribution in [0.15, 0.2) is 35.7 Å². The molecule has 6 heteroatoms. The number of thiophene rings is 1. The van der Waals surface area contributed by atoms with Crippen molar-refractivity contribution in [3.8, 4) is 11.5 Å². The lowest BCUT2D eigenvalue weighted by Crippen LogP contribution is -2.44. The van der Waals surface area contributed by atoms with Crippen molar-refractivity contribution in [2.75, 3.05) is 40.4 Å². The molecule has 0 N–H and O–H groups in total. The van der Waals surface area contributed by atoms with Gasteiger partial charge in [0.15, 0.2) is 0 Å². The predicted molar refractivity (Wildman–Crippen MR) is 109 cm³/mol. The van der Waals surface area contributed by atoms with E-state index in [9.17, 15) is 4.79 Å². The van der Waals surface area contributed by atoms with Crippen LogP contribution in [0.5, 0.6) is 11.5 Å². The second-order valence-electron chi connectivity index (χ2n) is 6.82. The van der Waals surface area contributed by atoms with E-state index in [1.807, 2.05) is 47.5 Å². The maximum absolute atomic E-state index is 12.8. The highest BCUT2D eigenvalue weighted by atomic mass is 32.1. The summed E-state index contributed by atoms with van der Waals surface area (Å²) in [6, 6.07) is 9.94. The van der Waals surface area contributed by atoms with Crippen molar-refractivity contribution >= 4 is 17.2 Å². The Morgan fingerprint density at radius 2 is 2.00 bits per heavy atom. The van der Waals surface area contributed by atoms with Crippen LogP contribution in [0.2, 0.25) is 0 Å². The second-order valence-corrected chi connectivity index (χ2v) is 7.82. The maximum Gasteiger partial charge on any atom is 0.237 e. The van der Waals surface area contributed by atoms with Crippen molar-refractivity contribution in [3.63, 3.8) is 0 Å². The minimum Gasteiger partial charge on any atom is -0.497 e. The summed E-state index contributed by atoms with van der Waals surface area (Å²) in [7, 11) is 3.61. The fourth-order valence-corrected chi connectivity index (χ4v) is 4.46. The third-order valence-corrected chi connectivity index (χ3v) is 6.00. The zero-order valence-electron chi connectivity index (χ0n) is 16.3. The van der Waals surface area contributed by atoms with Crippen molar-refractivity contribution in [2.45, 2.75) is 25.8 Å². The van der Waals surface area contributed by atoms with Crippen LogP contribution in [-0.4, -0.2) is 56.1 Å². The zero-order valence-corrected chi connectivity index (χ0v) is 17.1. The minimum atomic E-state index is 0.200. The molecule has 1 amide bonds. The Kier molecular flexibility index (Phi) is 6.74. The first kappa shape index (κ1) is 19.7. The largest absolute Gasteiger partial charge is 0.497 e. The average molecular weight is 389 g/mol. The Hall–Kier alpha value is -2.05. The number of hydrogen-bond donors (Lipinski definition) is 0. The minimum absolute atomic E-state index is 0.200. The molecule has 0 fully saturated rings. The summed E-state index contributed by atoms with van der Waals surface area (Å²) in [5.41, 5.74) is 1.34. The molecule has 0 spiro atoms. The highest BCUT2D eigenvalue weighted by molar-refractivity contribution is 7.10. The van der Waals surface area contributed by atoms with Crippen molar-refractivity contribution in [1.29, 1.82) is 0 Å². The number of rotatable bonds is 8. The van der Waals surface area contributed by atoms with E-state index in [4.69, 9.17) is 9.47 Å². The third kappa shape index (κ3) is 4.82. The van der Waals surface area contributed by atoms with Crippen LogP contribution in [-0.2, 0) is 11.2 Å². The SMILES string of the molecule is CCC1c2ccsc2CCN1C(=O)CN(C)CCOc1ccc(OC)cc1. The number of likely N-dealkylation sites (N-methyl/N-ethyl adjacent to an activating group) is 1. The Bertz CT molecular complexity index is 744. The van der Waals surface area contributed by atoms with E-state index in [1.54, 1.807) is 7.11 Å². The number of carbonyl (C=O) groups excluding carboxylic acids is 1. The summed E-state index contributed by atoms with van der Waals surface area (Å²) >= 11 is 1.81. The molecule has 3 rings (SSSR count). The van der Waals surface area contributed by atoms with Crippen molar-refractivity contribution in [2.24, 2.45) is 0 Å². The molecule has 2 aromatic rings. The van der Waals surface area contributed by atoms with Gasteiger partial charge in [0.05, 0.1) is 19.7 Å². The van der Waals surface area contributed by atoms with E-state index in [-0.39, 0.29) is 11.9 Å². The molecule has 1 aromatic heterocycles. The molecule has 1 aliphatic rings. The van der Waals surface area contributed by atoms with Crippen LogP contribution in [0.4, 0.5) is 0 Å². The van der Waals surface area contributed by atoms with Crippen molar-refractivity contribution in [1.82, 2.24) is 9.80 Å². The number of methoxy groups -OCH3 is 1. The number of amides is 1. The molecule has 0 saturated heterocycles. The van der Waals surface area contributed by atoms with E-state index < -0.39 is 0 Å². The number of nitrogens with zero attached hydrogens (tertiary/aromatic N) is 2. The van der Waals surface area contributed by atoms with Crippen LogP contribution in [0, 0.1) is 0 Å². The quantitative estimate of drug-likeness (QED) is 0.693. The summed E-state index contributed by atoms with van der Waals surface area (Å²) in [6.45, 7) is 4.64. The van der Waals surface area contributed by atoms with Gasteiger partial charge >= 0.3 is 0 Å². The van der Waals surface area contributed by atoms with Gasteiger partial charge in [-0.1, -0.05) is 6.92 Å². The molecule has 1 atom stereocenters. The Morgan fingerprint density at radius 3 is 2.70 bits per heavy atom. The lowest BCUT2D eigenvalue weighted by molar-refractivity contribution is -0.135. The van der Waals surface area contributed by atoms with Gasteiger partial charge < -0.3 is 14.4 Å². The molecule has 0 radical (unpaired) electrons. The lowest BCUT2D eigenvalue weighted by Gasteiger charge is -2.36. The first-order valence-electron chi connectivity index (χ1n) is 9.43. The zero-order chi connectivity index (χ0) is 19.2. The Balaban J connectivity index is 1.47. The van der Waals surface area contributed by atoms with Crippen LogP contribution in [0.1, 0.15) is 29.8 Å². The molecular weight excluding hydrogens is 360 g/mol. The normalized spacial score (nSPS) is 16.3. The van der Waals surface area contributed by atoms with Gasteiger partial charge in [-0.3, -0.25) is 9.69 Å². The van der Waals surface area contributed by atoms with Gasteiger partial charge in [-0.25, -0.2) is 0 Å². The average Bonchev–Trinajstić information content (AvgIpc) is 3.16. The van der Waals surface area contributed by atoms with E-state index in [1.165, 1.54) is 10.4 Å². The maximum atomic E-state index is 12.8. The molecule has 1 aliphatic heterocycles. The number of carbonyl (C=O) groups is 1. The van der Waals surface area contributed by atoms with Crippen LogP contribution in [0.3, 0.4) is 0 Å². The summed E-state index contributed by atoms with van der Waals surface area (Å²) in [5.74, 6) is 1.82. The van der Waals surface area contributed by atoms with Gasteiger partial charge in [0.25, 0.3) is 0 Å². The molecule has 5 nitrogen and oxygen atoms in total. The monoisotopic (exact) mass is 388 g/mol. The van der Waals surface area contributed by atoms with E-state index in [2.05, 4.69) is 23.3 Å². The van der Waals surface area contributed by atoms with E-state index in [0.29, 0.717) is 19.7 Å². The van der Waals surface area contributed by atoms with Crippen LogP contribution >= 0.6 is 11.3 Å². The molecule has 0 saturated carbocycles. The second kappa shape index (κ2) is 9.24. The number of hydrogen-bond acceptors (Lipinski definition) is 5. The van der Waals surface area contributed by atoms with Crippen LogP contribution < -0.4 is 9.47 Å². The van der Waals surface area contributed by atoms with Gasteiger partial charge in [-0.05, 0) is 61.2 Å². The molecule has 1 unspecified atom stereocenters. The van der Waals surface area contributed by atoms with Gasteiger partial charge in [-0.15, -0.1) is 11.3 Å². The van der Waals surface area contributed by atoms with Gasteiger partial charge in [0, 0.05) is 18.0 Å². The summed E-state index contributed by atoms with van der Waals surface area (Å²) in [4.78, 5) is 18.4. The first-order chi connectivity index (χ1) is 13.1. The molecule has 0 bridgehead atoms. The predicted octanol–water partition coefficient (Wildman–Crippen LogP) is 3.60. The fourth-order valence-electron chi connectivity index (χ4n) is 3.53. The lowest BCUT2D eigenvalue weighted by atomic mass is 9.98. The molecule has 0 aliphatic carbocycles. The first-order valence-corrected chi connectivity index (χ1v) is 10.3. The molecular formula is C21H28N2O3S. The fraction of sp³-hybridized carbons (Fsp3) is 0.476. The summed E-state index contributed by atoms with van der Waals surface area (Å²) in [5, 5.41) is 2.14. The molecule has 1 aromatic carbocycles. The van der Waals surface area contributed by atoms with Gasteiger partial charge in [0.1, 0.15) is 18.1 Å². The van der Waals surface area contributed by atoms with E-state index in [0.717, 1.165) is 30.9 Å². The van der Waals surface area contributed by atoms with Gasteiger partial charge in [-0.2, -0.15) is 0 Å². The number of benzene rings is 1. The standard InChI is InChI=1S/C21H28N2O3S/c1-4-19-18-10-14-27-20(18)9-11-23(19)21(24)15-22(2)12-13-26-17-7-5-16(25-3)6-8-17/h5-8,10,14,19H,4,9,11-13,15H2,1-3H3. The van der Waals surface area contributed by atoms with E-state index >= 15 is 0 Å².